The van der Waals surface area contributed by atoms with Crippen molar-refractivity contribution in [2.24, 2.45) is 0 Å². The van der Waals surface area contributed by atoms with Crippen molar-refractivity contribution in [1.29, 1.82) is 0 Å². The third-order valence-electron chi connectivity index (χ3n) is 9.45. The molecule has 0 spiro atoms. The van der Waals surface area contributed by atoms with Gasteiger partial charge in [0.25, 0.3) is 0 Å². The molecule has 0 radical (unpaired) electrons. The maximum atomic E-state index is 10.2. The smallest absolute Gasteiger partial charge is 0.229 e. The lowest BCUT2D eigenvalue weighted by molar-refractivity contribution is -0.277. The molecule has 1 aliphatic heterocycles. The largest absolute Gasteiger partial charge is 0.462 e. The lowest BCUT2D eigenvalue weighted by Crippen LogP contribution is -2.60. The van der Waals surface area contributed by atoms with Crippen LogP contribution in [0.15, 0.2) is 73.3 Å². The van der Waals surface area contributed by atoms with Gasteiger partial charge in [-0.25, -0.2) is 0 Å². The molecule has 2 aliphatic rings. The number of rotatable bonds is 8. The second-order valence-electron chi connectivity index (χ2n) is 13.7. The molecule has 5 unspecified atom stereocenters. The highest BCUT2D eigenvalue weighted by Gasteiger charge is 2.44. The van der Waals surface area contributed by atoms with Gasteiger partial charge in [0.05, 0.1) is 6.61 Å². The summed E-state index contributed by atoms with van der Waals surface area (Å²) in [5, 5.41) is 39.6. The van der Waals surface area contributed by atoms with Crippen LogP contribution in [0.3, 0.4) is 0 Å². The predicted molar refractivity (Wildman–Crippen MR) is 175 cm³/mol. The predicted octanol–water partition coefficient (Wildman–Crippen LogP) is 6.03. The number of aliphatic hydroxyl groups excluding tert-OH is 4. The van der Waals surface area contributed by atoms with Crippen LogP contribution in [0.5, 0.6) is 5.75 Å². The minimum atomic E-state index is -1.48. The summed E-state index contributed by atoms with van der Waals surface area (Å²) >= 11 is 0. The van der Waals surface area contributed by atoms with E-state index in [0.29, 0.717) is 12.2 Å². The van der Waals surface area contributed by atoms with E-state index in [0.717, 1.165) is 22.3 Å². The topological polar surface area (TPSA) is 99.4 Å². The van der Waals surface area contributed by atoms with Gasteiger partial charge in [0.2, 0.25) is 6.29 Å². The first-order valence-corrected chi connectivity index (χ1v) is 15.5. The molecule has 5 rings (SSSR count). The van der Waals surface area contributed by atoms with Gasteiger partial charge in [-0.1, -0.05) is 94.9 Å². The van der Waals surface area contributed by atoms with Crippen LogP contribution in [0.25, 0.3) is 17.2 Å². The van der Waals surface area contributed by atoms with Crippen LogP contribution in [0.2, 0.25) is 0 Å². The normalized spacial score (nSPS) is 26.1. The van der Waals surface area contributed by atoms with E-state index in [4.69, 9.17) is 9.47 Å². The molecule has 4 N–H and O–H groups in total. The van der Waals surface area contributed by atoms with Gasteiger partial charge in [-0.05, 0) is 93.7 Å². The van der Waals surface area contributed by atoms with Gasteiger partial charge in [0.15, 0.2) is 0 Å². The van der Waals surface area contributed by atoms with Crippen LogP contribution in [0, 0.1) is 0 Å². The van der Waals surface area contributed by atoms with Crippen LogP contribution in [-0.2, 0) is 22.0 Å². The Morgan fingerprint density at radius 1 is 0.841 bits per heavy atom. The fraction of sp³-hybridized carbons (Fsp3) is 0.421. The van der Waals surface area contributed by atoms with E-state index in [1.165, 1.54) is 35.1 Å². The van der Waals surface area contributed by atoms with Crippen molar-refractivity contribution in [1.82, 2.24) is 0 Å². The highest BCUT2D eigenvalue weighted by atomic mass is 16.7. The van der Waals surface area contributed by atoms with Crippen LogP contribution < -0.4 is 4.74 Å². The average molecular weight is 599 g/mol. The lowest BCUT2D eigenvalue weighted by atomic mass is 9.63. The van der Waals surface area contributed by atoms with E-state index in [9.17, 15) is 20.4 Å². The van der Waals surface area contributed by atoms with Crippen LogP contribution in [-0.4, -0.2) is 57.7 Å². The molecule has 1 aliphatic carbocycles. The van der Waals surface area contributed by atoms with Gasteiger partial charge in [0, 0.05) is 0 Å². The summed E-state index contributed by atoms with van der Waals surface area (Å²) in [6.45, 7) is 15.4. The fourth-order valence-corrected chi connectivity index (χ4v) is 6.32. The molecule has 6 heteroatoms. The van der Waals surface area contributed by atoms with Gasteiger partial charge in [-0.15, -0.1) is 0 Å². The molecular formula is C38H46O6. The van der Waals surface area contributed by atoms with Gasteiger partial charge in [-0.3, -0.25) is 0 Å². The molecule has 0 saturated carbocycles. The average Bonchev–Trinajstić information content (AvgIpc) is 3.01. The van der Waals surface area contributed by atoms with E-state index in [-0.39, 0.29) is 10.8 Å². The van der Waals surface area contributed by atoms with E-state index < -0.39 is 37.3 Å². The van der Waals surface area contributed by atoms with Crippen molar-refractivity contribution in [3.63, 3.8) is 0 Å². The molecule has 1 fully saturated rings. The van der Waals surface area contributed by atoms with Gasteiger partial charge >= 0.3 is 0 Å². The molecule has 3 aromatic carbocycles. The standard InChI is InChI=1S/C38H46O6/c1-23(19-26-9-14-29(15-10-26)43-36-35(42)34(41)33(40)32(22-39)44-36)27-11-7-25(8-12-27)20-24(2)28-13-16-30-31(21-28)38(5,6)18-17-37(30,3)4/h7-16,20-21,32-36,39-42H,1,17-19,22H2,2-6H3/b24-20+. The van der Waals surface area contributed by atoms with Crippen molar-refractivity contribution in [3.05, 3.63) is 107 Å². The molecule has 3 aromatic rings. The zero-order chi connectivity index (χ0) is 31.8. The van der Waals surface area contributed by atoms with Crippen molar-refractivity contribution in [2.75, 3.05) is 6.61 Å². The summed E-state index contributed by atoms with van der Waals surface area (Å²) in [5.41, 5.74) is 10.1. The summed E-state index contributed by atoms with van der Waals surface area (Å²) in [6, 6.07) is 22.8. The van der Waals surface area contributed by atoms with Crippen molar-refractivity contribution in [3.8, 4) is 5.75 Å². The Kier molecular flexibility index (Phi) is 9.22. The highest BCUT2D eigenvalue weighted by molar-refractivity contribution is 5.81. The van der Waals surface area contributed by atoms with Gasteiger partial charge < -0.3 is 29.9 Å². The molecule has 234 valence electrons. The number of aliphatic hydroxyl groups is 4. The summed E-state index contributed by atoms with van der Waals surface area (Å²) in [6.07, 6.45) is -1.29. The molecule has 1 saturated heterocycles. The molecular weight excluding hydrogens is 552 g/mol. The molecule has 6 nitrogen and oxygen atoms in total. The number of hydrogen-bond acceptors (Lipinski definition) is 6. The first-order valence-electron chi connectivity index (χ1n) is 15.5. The Bertz CT molecular complexity index is 1500. The molecule has 5 atom stereocenters. The quantitative estimate of drug-likeness (QED) is 0.236. The summed E-state index contributed by atoms with van der Waals surface area (Å²) in [7, 11) is 0. The first-order chi connectivity index (χ1) is 20.8. The van der Waals surface area contributed by atoms with E-state index in [1.54, 1.807) is 12.1 Å². The Balaban J connectivity index is 1.22. The minimum absolute atomic E-state index is 0.181. The Morgan fingerprint density at radius 2 is 1.45 bits per heavy atom. The SMILES string of the molecule is C=C(Cc1ccc(OC2OC(CO)C(O)C(O)C2O)cc1)c1ccc(/C=C(\C)c2ccc3c(c2)C(C)(C)CCC3(C)C)cc1. The number of benzene rings is 3. The Morgan fingerprint density at radius 3 is 2.09 bits per heavy atom. The highest BCUT2D eigenvalue weighted by Crippen LogP contribution is 2.46. The zero-order valence-corrected chi connectivity index (χ0v) is 26.5. The minimum Gasteiger partial charge on any atom is -0.462 e. The van der Waals surface area contributed by atoms with Gasteiger partial charge in [0.1, 0.15) is 30.2 Å². The summed E-state index contributed by atoms with van der Waals surface area (Å²) < 4.78 is 11.1. The number of allylic oxidation sites excluding steroid dienone is 2. The number of hydrogen-bond donors (Lipinski definition) is 4. The second-order valence-corrected chi connectivity index (χ2v) is 13.7. The van der Waals surface area contributed by atoms with Crippen LogP contribution in [0.1, 0.15) is 80.8 Å². The monoisotopic (exact) mass is 598 g/mol. The molecule has 44 heavy (non-hydrogen) atoms. The lowest BCUT2D eigenvalue weighted by Gasteiger charge is -2.42. The Hall–Kier alpha value is -3.26. The molecule has 0 bridgehead atoms. The van der Waals surface area contributed by atoms with Crippen molar-refractivity contribution >= 4 is 17.2 Å². The fourth-order valence-electron chi connectivity index (χ4n) is 6.32. The molecule has 0 amide bonds. The van der Waals surface area contributed by atoms with Crippen LogP contribution in [0.4, 0.5) is 0 Å². The third kappa shape index (κ3) is 6.70. The number of fused-ring (bicyclic) bond motifs is 1. The van der Waals surface area contributed by atoms with E-state index in [2.05, 4.69) is 89.7 Å². The van der Waals surface area contributed by atoms with E-state index >= 15 is 0 Å². The first kappa shape index (κ1) is 32.1. The zero-order valence-electron chi connectivity index (χ0n) is 26.5. The van der Waals surface area contributed by atoms with Crippen LogP contribution >= 0.6 is 0 Å². The maximum Gasteiger partial charge on any atom is 0.229 e. The number of ether oxygens (including phenoxy) is 2. The van der Waals surface area contributed by atoms with E-state index in [1.807, 2.05) is 12.1 Å². The maximum absolute atomic E-state index is 10.2. The summed E-state index contributed by atoms with van der Waals surface area (Å²) in [4.78, 5) is 0. The van der Waals surface area contributed by atoms with Crippen molar-refractivity contribution in [2.45, 2.75) is 95.4 Å². The molecule has 1 heterocycles. The summed E-state index contributed by atoms with van der Waals surface area (Å²) in [5.74, 6) is 0.432. The van der Waals surface area contributed by atoms with Crippen molar-refractivity contribution < 1.29 is 29.9 Å². The Labute approximate surface area is 261 Å². The second kappa shape index (κ2) is 12.6. The molecule has 0 aromatic heterocycles. The third-order valence-corrected chi connectivity index (χ3v) is 9.45. The van der Waals surface area contributed by atoms with Gasteiger partial charge in [-0.2, -0.15) is 0 Å².